The number of benzene rings is 2. The lowest BCUT2D eigenvalue weighted by Crippen LogP contribution is -2.19. The Bertz CT molecular complexity index is 1050. The van der Waals surface area contributed by atoms with Crippen molar-refractivity contribution in [1.29, 1.82) is 0 Å². The van der Waals surface area contributed by atoms with Crippen LogP contribution >= 0.6 is 27.7 Å². The molecule has 2 N–H and O–H groups in total. The van der Waals surface area contributed by atoms with Crippen LogP contribution in [0.3, 0.4) is 0 Å². The Labute approximate surface area is 180 Å². The first-order chi connectivity index (χ1) is 14.0. The number of aromatic hydroxyl groups is 1. The molecule has 0 spiro atoms. The molecule has 0 fully saturated rings. The summed E-state index contributed by atoms with van der Waals surface area (Å²) in [7, 11) is 3.31. The van der Waals surface area contributed by atoms with Crippen LogP contribution in [0.5, 0.6) is 11.5 Å². The van der Waals surface area contributed by atoms with Gasteiger partial charge in [-0.1, -0.05) is 45.9 Å². The molecule has 3 rings (SSSR count). The highest BCUT2D eigenvalue weighted by atomic mass is 79.9. The summed E-state index contributed by atoms with van der Waals surface area (Å²) in [6, 6.07) is 12.8. The van der Waals surface area contributed by atoms with Crippen molar-refractivity contribution < 1.29 is 14.6 Å². The van der Waals surface area contributed by atoms with Crippen molar-refractivity contribution in [2.24, 2.45) is 12.1 Å². The van der Waals surface area contributed by atoms with E-state index in [9.17, 15) is 9.90 Å². The lowest BCUT2D eigenvalue weighted by molar-refractivity contribution is -0.118. The second-order valence-electron chi connectivity index (χ2n) is 5.86. The molecule has 1 amide bonds. The number of thioether (sulfide) groups is 1. The third-order valence-electron chi connectivity index (χ3n) is 3.89. The Morgan fingerprint density at radius 1 is 1.34 bits per heavy atom. The molecule has 3 aromatic rings. The molecule has 0 bridgehead atoms. The largest absolute Gasteiger partial charge is 0.504 e. The minimum absolute atomic E-state index is 0.0402. The van der Waals surface area contributed by atoms with Crippen LogP contribution in [0.4, 0.5) is 0 Å². The maximum Gasteiger partial charge on any atom is 0.250 e. The highest BCUT2D eigenvalue weighted by molar-refractivity contribution is 9.10. The van der Waals surface area contributed by atoms with Crippen LogP contribution in [0.1, 0.15) is 5.56 Å². The average molecular weight is 476 g/mol. The molecule has 0 aliphatic heterocycles. The van der Waals surface area contributed by atoms with Gasteiger partial charge in [-0.3, -0.25) is 4.79 Å². The van der Waals surface area contributed by atoms with Gasteiger partial charge in [0.15, 0.2) is 22.5 Å². The summed E-state index contributed by atoms with van der Waals surface area (Å²) < 4.78 is 7.81. The number of hydrogen-bond acceptors (Lipinski definition) is 7. The minimum Gasteiger partial charge on any atom is -0.504 e. The number of methoxy groups -OCH3 is 1. The van der Waals surface area contributed by atoms with E-state index in [1.807, 2.05) is 35.9 Å². The zero-order valence-electron chi connectivity index (χ0n) is 15.7. The van der Waals surface area contributed by atoms with E-state index >= 15 is 0 Å². The Hall–Kier alpha value is -2.85. The first-order valence-corrected chi connectivity index (χ1v) is 10.2. The van der Waals surface area contributed by atoms with Crippen LogP contribution in [0.2, 0.25) is 0 Å². The van der Waals surface area contributed by atoms with Crippen molar-refractivity contribution in [3.8, 4) is 22.9 Å². The number of para-hydroxylation sites is 1. The van der Waals surface area contributed by atoms with Gasteiger partial charge in [-0.25, -0.2) is 5.43 Å². The number of carbonyl (C=O) groups excluding carboxylic acids is 1. The maximum absolute atomic E-state index is 12.1. The van der Waals surface area contributed by atoms with Crippen molar-refractivity contribution >= 4 is 39.8 Å². The van der Waals surface area contributed by atoms with E-state index in [-0.39, 0.29) is 17.4 Å². The van der Waals surface area contributed by atoms with Gasteiger partial charge < -0.3 is 14.4 Å². The van der Waals surface area contributed by atoms with Crippen LogP contribution in [-0.2, 0) is 11.8 Å². The molecule has 0 saturated heterocycles. The number of nitrogens with one attached hydrogen (secondary N) is 1. The molecule has 10 heteroatoms. The quantitative estimate of drug-likeness (QED) is 0.309. The van der Waals surface area contributed by atoms with Crippen molar-refractivity contribution in [1.82, 2.24) is 20.2 Å². The molecular formula is C19H18BrN5O3S. The molecule has 2 aromatic carbocycles. The zero-order valence-corrected chi connectivity index (χ0v) is 18.1. The SMILES string of the molecule is COc1cccc(C=NNC(=O)CSc2nnc(-c3cccc(Br)c3)n2C)c1O. The Morgan fingerprint density at radius 2 is 2.14 bits per heavy atom. The normalized spacial score (nSPS) is 11.0. The van der Waals surface area contributed by atoms with Gasteiger partial charge >= 0.3 is 0 Å². The Balaban J connectivity index is 1.58. The number of hydrogen-bond donors (Lipinski definition) is 2. The lowest BCUT2D eigenvalue weighted by Gasteiger charge is -2.05. The van der Waals surface area contributed by atoms with Gasteiger partial charge in [0.25, 0.3) is 5.91 Å². The van der Waals surface area contributed by atoms with Crippen LogP contribution < -0.4 is 10.2 Å². The third kappa shape index (κ3) is 5.15. The van der Waals surface area contributed by atoms with Gasteiger partial charge in [-0.05, 0) is 24.3 Å². The first kappa shape index (κ1) is 20.9. The van der Waals surface area contributed by atoms with E-state index in [4.69, 9.17) is 4.74 Å². The van der Waals surface area contributed by atoms with Gasteiger partial charge in [0.1, 0.15) is 0 Å². The summed E-state index contributed by atoms with van der Waals surface area (Å²) in [5.74, 6) is 0.814. The topological polar surface area (TPSA) is 102 Å². The number of phenols is 1. The first-order valence-electron chi connectivity index (χ1n) is 8.45. The van der Waals surface area contributed by atoms with Crippen molar-refractivity contribution in [2.45, 2.75) is 5.16 Å². The fourth-order valence-electron chi connectivity index (χ4n) is 2.46. The minimum atomic E-state index is -0.305. The molecule has 1 heterocycles. The number of amides is 1. The van der Waals surface area contributed by atoms with Gasteiger partial charge in [-0.2, -0.15) is 5.10 Å². The van der Waals surface area contributed by atoms with Crippen molar-refractivity contribution in [3.05, 3.63) is 52.5 Å². The van der Waals surface area contributed by atoms with Crippen molar-refractivity contribution in [2.75, 3.05) is 12.9 Å². The fourth-order valence-corrected chi connectivity index (χ4v) is 3.57. The standard InChI is InChI=1S/C19H18BrN5O3S/c1-25-18(12-5-3-7-14(20)9-12)23-24-19(25)29-11-16(26)22-21-10-13-6-4-8-15(28-2)17(13)27/h3-10,27H,11H2,1-2H3,(H,22,26). The molecule has 8 nitrogen and oxygen atoms in total. The number of hydrazone groups is 1. The number of halogens is 1. The van der Waals surface area contributed by atoms with E-state index in [2.05, 4.69) is 36.7 Å². The van der Waals surface area contributed by atoms with E-state index < -0.39 is 0 Å². The summed E-state index contributed by atoms with van der Waals surface area (Å²) >= 11 is 4.69. The van der Waals surface area contributed by atoms with Gasteiger partial charge in [0.05, 0.1) is 19.1 Å². The highest BCUT2D eigenvalue weighted by Crippen LogP contribution is 2.28. The van der Waals surface area contributed by atoms with E-state index in [1.54, 1.807) is 18.2 Å². The predicted molar refractivity (Wildman–Crippen MR) is 115 cm³/mol. The molecule has 0 saturated carbocycles. The molecule has 0 radical (unpaired) electrons. The highest BCUT2D eigenvalue weighted by Gasteiger charge is 2.13. The number of carbonyl (C=O) groups is 1. The van der Waals surface area contributed by atoms with Crippen LogP contribution in [-0.4, -0.2) is 44.9 Å². The van der Waals surface area contributed by atoms with Gasteiger partial charge in [0.2, 0.25) is 0 Å². The third-order valence-corrected chi connectivity index (χ3v) is 5.41. The van der Waals surface area contributed by atoms with E-state index in [0.29, 0.717) is 22.3 Å². The molecule has 0 unspecified atom stereocenters. The molecule has 29 heavy (non-hydrogen) atoms. The molecule has 0 aliphatic carbocycles. The second-order valence-corrected chi connectivity index (χ2v) is 7.71. The summed E-state index contributed by atoms with van der Waals surface area (Å²) in [6.45, 7) is 0. The van der Waals surface area contributed by atoms with Gasteiger partial charge in [-0.15, -0.1) is 10.2 Å². The lowest BCUT2D eigenvalue weighted by atomic mass is 10.2. The number of nitrogens with zero attached hydrogens (tertiary/aromatic N) is 4. The summed E-state index contributed by atoms with van der Waals surface area (Å²) in [5, 5.41) is 22.8. The van der Waals surface area contributed by atoms with Crippen LogP contribution in [0.25, 0.3) is 11.4 Å². The summed E-state index contributed by atoms with van der Waals surface area (Å²) in [6.07, 6.45) is 1.36. The molecular weight excluding hydrogens is 458 g/mol. The monoisotopic (exact) mass is 475 g/mol. The number of phenolic OH excluding ortho intramolecular Hbond substituents is 1. The Kier molecular flexibility index (Phi) is 6.89. The molecule has 1 aromatic heterocycles. The Morgan fingerprint density at radius 3 is 2.90 bits per heavy atom. The molecule has 0 atom stereocenters. The zero-order chi connectivity index (χ0) is 20.8. The number of rotatable bonds is 7. The van der Waals surface area contributed by atoms with Crippen LogP contribution in [0, 0.1) is 0 Å². The second kappa shape index (κ2) is 9.57. The average Bonchev–Trinajstić information content (AvgIpc) is 3.08. The number of ether oxygens (including phenoxy) is 1. The van der Waals surface area contributed by atoms with E-state index in [1.165, 1.54) is 25.1 Å². The molecule has 150 valence electrons. The summed E-state index contributed by atoms with van der Waals surface area (Å²) in [5.41, 5.74) is 3.78. The van der Waals surface area contributed by atoms with Gasteiger partial charge in [0, 0.05) is 22.6 Å². The van der Waals surface area contributed by atoms with Crippen molar-refractivity contribution in [3.63, 3.8) is 0 Å². The van der Waals surface area contributed by atoms with E-state index in [0.717, 1.165) is 10.0 Å². The molecule has 0 aliphatic rings. The maximum atomic E-state index is 12.1. The van der Waals surface area contributed by atoms with Crippen LogP contribution in [0.15, 0.2) is 57.2 Å². The fraction of sp³-hybridized carbons (Fsp3) is 0.158. The summed E-state index contributed by atoms with van der Waals surface area (Å²) in [4.78, 5) is 12.1. The smallest absolute Gasteiger partial charge is 0.250 e. The number of aromatic nitrogens is 3. The predicted octanol–water partition coefficient (Wildman–Crippen LogP) is 3.20.